The number of methoxy groups -OCH3 is 1. The molecule has 2 aromatic heterocycles. The molecule has 0 aliphatic carbocycles. The van der Waals surface area contributed by atoms with E-state index in [0.29, 0.717) is 19.0 Å². The normalized spacial score (nSPS) is 16.9. The third-order valence-electron chi connectivity index (χ3n) is 5.17. The Morgan fingerprint density at radius 1 is 1.36 bits per heavy atom. The fraction of sp³-hybridized carbons (Fsp3) is 0.381. The first-order valence-electron chi connectivity index (χ1n) is 9.51. The van der Waals surface area contributed by atoms with Crippen molar-refractivity contribution in [2.75, 3.05) is 25.1 Å². The van der Waals surface area contributed by atoms with Crippen molar-refractivity contribution in [3.63, 3.8) is 0 Å². The first-order valence-corrected chi connectivity index (χ1v) is 9.51. The lowest BCUT2D eigenvalue weighted by Crippen LogP contribution is -2.43. The number of fused-ring (bicyclic) bond motifs is 1. The molecule has 1 aromatic carbocycles. The topological polar surface area (TPSA) is 80.5 Å². The highest BCUT2D eigenvalue weighted by atomic mass is 16.5. The number of nitrogens with one attached hydrogen (secondary N) is 1. The maximum atomic E-state index is 12.6. The second kappa shape index (κ2) is 7.88. The molecule has 7 heteroatoms. The predicted octanol–water partition coefficient (Wildman–Crippen LogP) is 3.07. The van der Waals surface area contributed by atoms with Gasteiger partial charge in [-0.05, 0) is 44.0 Å². The Kier molecular flexibility index (Phi) is 5.14. The lowest BCUT2D eigenvalue weighted by Gasteiger charge is -2.32. The van der Waals surface area contributed by atoms with Crippen molar-refractivity contribution in [3.05, 3.63) is 48.0 Å². The van der Waals surface area contributed by atoms with E-state index in [0.717, 1.165) is 47.5 Å². The summed E-state index contributed by atoms with van der Waals surface area (Å²) in [5.41, 5.74) is 1.78. The highest BCUT2D eigenvalue weighted by Gasteiger charge is 2.27. The van der Waals surface area contributed by atoms with E-state index in [1.165, 1.54) is 0 Å². The Hall–Kier alpha value is -3.09. The van der Waals surface area contributed by atoms with Crippen LogP contribution in [0.1, 0.15) is 24.3 Å². The number of piperidine rings is 1. The van der Waals surface area contributed by atoms with Gasteiger partial charge >= 0.3 is 0 Å². The molecule has 3 aromatic rings. The number of furan rings is 1. The maximum absolute atomic E-state index is 12.6. The van der Waals surface area contributed by atoms with Crippen molar-refractivity contribution < 1.29 is 13.9 Å². The van der Waals surface area contributed by atoms with Crippen LogP contribution in [-0.2, 0) is 11.3 Å². The molecule has 1 atom stereocenters. The smallest absolute Gasteiger partial charge is 0.226 e. The summed E-state index contributed by atoms with van der Waals surface area (Å²) < 4.78 is 10.6. The second-order valence-electron chi connectivity index (χ2n) is 7.07. The van der Waals surface area contributed by atoms with Gasteiger partial charge in [-0.2, -0.15) is 0 Å². The van der Waals surface area contributed by atoms with Crippen molar-refractivity contribution in [2.24, 2.45) is 5.92 Å². The first kappa shape index (κ1) is 18.3. The van der Waals surface area contributed by atoms with Gasteiger partial charge in [-0.1, -0.05) is 0 Å². The quantitative estimate of drug-likeness (QED) is 0.733. The van der Waals surface area contributed by atoms with Crippen LogP contribution in [0.25, 0.3) is 10.9 Å². The van der Waals surface area contributed by atoms with Crippen LogP contribution in [0.4, 0.5) is 5.95 Å². The minimum atomic E-state index is -0.0892. The highest BCUT2D eigenvalue weighted by molar-refractivity contribution is 5.83. The van der Waals surface area contributed by atoms with E-state index in [9.17, 15) is 4.79 Å². The molecule has 1 fully saturated rings. The molecule has 1 aliphatic rings. The van der Waals surface area contributed by atoms with Gasteiger partial charge in [-0.3, -0.25) is 4.79 Å². The SMILES string of the molecule is COc1ccc2c(C)nc(N3CCCC(C(=O)NCc4ccco4)C3)nc2c1. The van der Waals surface area contributed by atoms with E-state index in [1.807, 2.05) is 37.3 Å². The molecule has 1 N–H and O–H groups in total. The first-order chi connectivity index (χ1) is 13.6. The van der Waals surface area contributed by atoms with Crippen molar-refractivity contribution in [2.45, 2.75) is 26.3 Å². The van der Waals surface area contributed by atoms with Gasteiger partial charge < -0.3 is 19.4 Å². The molecule has 1 unspecified atom stereocenters. The molecule has 3 heterocycles. The number of ether oxygens (including phenoxy) is 1. The number of aryl methyl sites for hydroxylation is 1. The zero-order valence-electron chi connectivity index (χ0n) is 16.1. The van der Waals surface area contributed by atoms with Crippen LogP contribution in [0.3, 0.4) is 0 Å². The van der Waals surface area contributed by atoms with Crippen LogP contribution >= 0.6 is 0 Å². The fourth-order valence-electron chi connectivity index (χ4n) is 3.63. The monoisotopic (exact) mass is 380 g/mol. The summed E-state index contributed by atoms with van der Waals surface area (Å²) in [6, 6.07) is 9.49. The van der Waals surface area contributed by atoms with Crippen LogP contribution < -0.4 is 15.0 Å². The van der Waals surface area contributed by atoms with Crippen LogP contribution in [0, 0.1) is 12.8 Å². The van der Waals surface area contributed by atoms with Crippen LogP contribution in [0.5, 0.6) is 5.75 Å². The number of anilines is 1. The molecule has 4 rings (SSSR count). The average molecular weight is 380 g/mol. The average Bonchev–Trinajstić information content (AvgIpc) is 3.25. The van der Waals surface area contributed by atoms with Gasteiger partial charge in [-0.25, -0.2) is 9.97 Å². The van der Waals surface area contributed by atoms with Crippen molar-refractivity contribution >= 4 is 22.8 Å². The Bertz CT molecular complexity index is 971. The number of carbonyl (C=O) groups excluding carboxylic acids is 1. The number of carbonyl (C=O) groups is 1. The number of benzene rings is 1. The molecule has 0 spiro atoms. The van der Waals surface area contributed by atoms with E-state index >= 15 is 0 Å². The number of hydrogen-bond donors (Lipinski definition) is 1. The molecule has 146 valence electrons. The summed E-state index contributed by atoms with van der Waals surface area (Å²) in [4.78, 5) is 24.1. The van der Waals surface area contributed by atoms with Crippen molar-refractivity contribution in [1.29, 1.82) is 0 Å². The second-order valence-corrected chi connectivity index (χ2v) is 7.07. The molecule has 0 bridgehead atoms. The molecule has 1 saturated heterocycles. The number of aromatic nitrogens is 2. The minimum absolute atomic E-state index is 0.0419. The zero-order valence-corrected chi connectivity index (χ0v) is 16.1. The Labute approximate surface area is 163 Å². The standard InChI is InChI=1S/C21H24N4O3/c1-14-18-8-7-16(27-2)11-19(18)24-21(23-14)25-9-3-5-15(13-25)20(26)22-12-17-6-4-10-28-17/h4,6-8,10-11,15H,3,5,9,12-13H2,1-2H3,(H,22,26). The van der Waals surface area contributed by atoms with E-state index in [2.05, 4.69) is 15.2 Å². The van der Waals surface area contributed by atoms with Gasteiger partial charge in [0.2, 0.25) is 11.9 Å². The van der Waals surface area contributed by atoms with Gasteiger partial charge in [0.05, 0.1) is 37.0 Å². The van der Waals surface area contributed by atoms with E-state index in [-0.39, 0.29) is 11.8 Å². The van der Waals surface area contributed by atoms with E-state index in [1.54, 1.807) is 13.4 Å². The molecule has 1 aliphatic heterocycles. The van der Waals surface area contributed by atoms with E-state index < -0.39 is 0 Å². The minimum Gasteiger partial charge on any atom is -0.497 e. The van der Waals surface area contributed by atoms with Crippen LogP contribution in [-0.4, -0.2) is 36.1 Å². The Balaban J connectivity index is 1.50. The lowest BCUT2D eigenvalue weighted by atomic mass is 9.97. The summed E-state index contributed by atoms with van der Waals surface area (Å²) in [6.45, 7) is 3.85. The lowest BCUT2D eigenvalue weighted by molar-refractivity contribution is -0.125. The number of amides is 1. The molecular formula is C21H24N4O3. The van der Waals surface area contributed by atoms with Gasteiger partial charge in [-0.15, -0.1) is 0 Å². The molecule has 7 nitrogen and oxygen atoms in total. The maximum Gasteiger partial charge on any atom is 0.226 e. The van der Waals surface area contributed by atoms with E-state index in [4.69, 9.17) is 14.1 Å². The third kappa shape index (κ3) is 3.78. The number of rotatable bonds is 5. The fourth-order valence-corrected chi connectivity index (χ4v) is 3.63. The third-order valence-corrected chi connectivity index (χ3v) is 5.17. The van der Waals surface area contributed by atoms with Gasteiger partial charge in [0.15, 0.2) is 0 Å². The number of nitrogens with zero attached hydrogens (tertiary/aromatic N) is 3. The van der Waals surface area contributed by atoms with Crippen LogP contribution in [0.2, 0.25) is 0 Å². The Morgan fingerprint density at radius 2 is 2.25 bits per heavy atom. The summed E-state index contributed by atoms with van der Waals surface area (Å²) >= 11 is 0. The highest BCUT2D eigenvalue weighted by Crippen LogP contribution is 2.26. The molecule has 0 saturated carbocycles. The zero-order chi connectivity index (χ0) is 19.5. The summed E-state index contributed by atoms with van der Waals surface area (Å²) in [6.07, 6.45) is 3.40. The van der Waals surface area contributed by atoms with Crippen molar-refractivity contribution in [1.82, 2.24) is 15.3 Å². The molecule has 28 heavy (non-hydrogen) atoms. The number of hydrogen-bond acceptors (Lipinski definition) is 6. The van der Waals surface area contributed by atoms with Crippen molar-refractivity contribution in [3.8, 4) is 5.75 Å². The summed E-state index contributed by atoms with van der Waals surface area (Å²) in [7, 11) is 1.65. The van der Waals surface area contributed by atoms with Gasteiger partial charge in [0.25, 0.3) is 0 Å². The predicted molar refractivity (Wildman–Crippen MR) is 106 cm³/mol. The molecule has 0 radical (unpaired) electrons. The van der Waals surface area contributed by atoms with Gasteiger partial charge in [0, 0.05) is 24.5 Å². The molecule has 1 amide bonds. The summed E-state index contributed by atoms with van der Waals surface area (Å²) in [5.74, 6) is 2.14. The van der Waals surface area contributed by atoms with Gasteiger partial charge in [0.1, 0.15) is 11.5 Å². The van der Waals surface area contributed by atoms with Crippen LogP contribution in [0.15, 0.2) is 41.0 Å². The Morgan fingerprint density at radius 3 is 3.04 bits per heavy atom. The largest absolute Gasteiger partial charge is 0.497 e. The molecular weight excluding hydrogens is 356 g/mol. The summed E-state index contributed by atoms with van der Waals surface area (Å²) in [5, 5.41) is 3.97.